The van der Waals surface area contributed by atoms with E-state index >= 15 is 0 Å². The molecule has 14 nitrogen and oxygen atoms in total. The number of hydrogen-bond acceptors (Lipinski definition) is 12. The van der Waals surface area contributed by atoms with Crippen molar-refractivity contribution in [1.29, 1.82) is 0 Å². The summed E-state index contributed by atoms with van der Waals surface area (Å²) in [5.41, 5.74) is -0.556. The van der Waals surface area contributed by atoms with Crippen LogP contribution in [0.5, 0.6) is 34.5 Å². The number of fused-ring (bicyclic) bond motifs is 2. The second-order valence-electron chi connectivity index (χ2n) is 14.7. The van der Waals surface area contributed by atoms with Crippen LogP contribution in [-0.2, 0) is 11.2 Å². The molecule has 0 aliphatic rings. The normalized spacial score (nSPS) is 13.4. The van der Waals surface area contributed by atoms with Gasteiger partial charge >= 0.3 is 0 Å². The second-order valence-corrected chi connectivity index (χ2v) is 14.7. The number of pyridine rings is 2. The van der Waals surface area contributed by atoms with Crippen LogP contribution in [0.1, 0.15) is 31.4 Å². The van der Waals surface area contributed by atoms with E-state index in [-0.39, 0.29) is 40.4 Å². The van der Waals surface area contributed by atoms with Crippen molar-refractivity contribution in [1.82, 2.24) is 29.1 Å². The number of ether oxygens (including phenoxy) is 6. The lowest BCUT2D eigenvalue weighted by Crippen LogP contribution is -2.48. The third kappa shape index (κ3) is 7.06. The first kappa shape index (κ1) is 42.4. The van der Waals surface area contributed by atoms with Crippen LogP contribution in [0.2, 0.25) is 0 Å². The number of aliphatic hydroxyl groups is 2. The van der Waals surface area contributed by atoms with Gasteiger partial charge in [-0.3, -0.25) is 9.13 Å². The van der Waals surface area contributed by atoms with E-state index in [1.54, 1.807) is 77.2 Å². The van der Waals surface area contributed by atoms with Crippen LogP contribution in [0.3, 0.4) is 0 Å². The highest BCUT2D eigenvalue weighted by Crippen LogP contribution is 2.50. The maximum atomic E-state index is 14.8. The summed E-state index contributed by atoms with van der Waals surface area (Å²) in [7, 11) is 8.93. The number of hydrogen-bond donors (Lipinski definition) is 2. The molecule has 0 saturated heterocycles. The van der Waals surface area contributed by atoms with E-state index in [4.69, 9.17) is 38.4 Å². The third-order valence-corrected chi connectivity index (χ3v) is 11.5. The molecule has 63 heavy (non-hydrogen) atoms. The predicted molar refractivity (Wildman–Crippen MR) is 232 cm³/mol. The highest BCUT2D eigenvalue weighted by atomic mass is 19.1. The molecular weight excluding hydrogens is 815 g/mol. The SMILES string of the molecule is CCC(O)(c1ccc(-n2cnc3cc(OC)c(OC)cc32)nc1-c1ccc(F)cc1OC)C(C)(O)c1ccc(-n2cnc3cc(OC)c(OC)cc32)nc1-c1ccc(F)cc1OC. The van der Waals surface area contributed by atoms with Crippen molar-refractivity contribution >= 4 is 22.1 Å². The number of rotatable bonds is 14. The maximum absolute atomic E-state index is 14.8. The Bertz CT molecular complexity index is 3020. The number of imidazole rings is 2. The lowest BCUT2D eigenvalue weighted by atomic mass is 9.71. The van der Waals surface area contributed by atoms with Gasteiger partial charge in [0.05, 0.1) is 76.1 Å². The average Bonchev–Trinajstić information content (AvgIpc) is 3.93. The van der Waals surface area contributed by atoms with E-state index in [1.807, 2.05) is 0 Å². The Morgan fingerprint density at radius 1 is 0.524 bits per heavy atom. The summed E-state index contributed by atoms with van der Waals surface area (Å²) >= 11 is 0. The summed E-state index contributed by atoms with van der Waals surface area (Å²) in [6.45, 7) is 3.19. The van der Waals surface area contributed by atoms with E-state index in [9.17, 15) is 19.0 Å². The van der Waals surface area contributed by atoms with E-state index in [2.05, 4.69) is 9.97 Å². The fourth-order valence-corrected chi connectivity index (χ4v) is 8.08. The summed E-state index contributed by atoms with van der Waals surface area (Å²) in [4.78, 5) is 19.3. The molecule has 0 saturated carbocycles. The van der Waals surface area contributed by atoms with Gasteiger partial charge in [-0.1, -0.05) is 19.1 Å². The Kier molecular flexibility index (Phi) is 11.1. The summed E-state index contributed by atoms with van der Waals surface area (Å²) in [6, 6.07) is 21.6. The fraction of sp³-hybridized carbons (Fsp3) is 0.234. The van der Waals surface area contributed by atoms with Gasteiger partial charge < -0.3 is 38.6 Å². The third-order valence-electron chi connectivity index (χ3n) is 11.5. The van der Waals surface area contributed by atoms with Crippen LogP contribution in [0, 0.1) is 11.6 Å². The minimum atomic E-state index is -2.19. The Morgan fingerprint density at radius 2 is 0.921 bits per heavy atom. The molecule has 4 aromatic carbocycles. The van der Waals surface area contributed by atoms with Crippen LogP contribution in [-0.4, -0.2) is 81.9 Å². The van der Waals surface area contributed by atoms with Crippen molar-refractivity contribution in [2.75, 3.05) is 42.7 Å². The number of halogens is 2. The molecule has 0 spiro atoms. The van der Waals surface area contributed by atoms with E-state index in [1.165, 1.54) is 86.0 Å². The van der Waals surface area contributed by atoms with Gasteiger partial charge in [0.25, 0.3) is 0 Å². The molecule has 0 bridgehead atoms. The molecule has 0 radical (unpaired) electrons. The van der Waals surface area contributed by atoms with Crippen LogP contribution in [0.15, 0.2) is 97.6 Å². The Balaban J connectivity index is 1.36. The largest absolute Gasteiger partial charge is 0.496 e. The van der Waals surface area contributed by atoms with Gasteiger partial charge in [0.1, 0.15) is 58.6 Å². The molecule has 8 rings (SSSR count). The first-order valence-electron chi connectivity index (χ1n) is 19.7. The van der Waals surface area contributed by atoms with Gasteiger partial charge in [-0.25, -0.2) is 28.7 Å². The molecule has 324 valence electrons. The number of nitrogens with zero attached hydrogens (tertiary/aromatic N) is 6. The molecule has 0 fully saturated rings. The predicted octanol–water partition coefficient (Wildman–Crippen LogP) is 8.32. The Morgan fingerprint density at radius 3 is 1.33 bits per heavy atom. The molecule has 16 heteroatoms. The zero-order valence-corrected chi connectivity index (χ0v) is 35.7. The molecule has 0 aliphatic heterocycles. The standard InChI is InChI=1S/C47H44F2N6O8/c1-9-47(57,31-15-17-43(53-45(31)29-13-11-27(49)19-37(29)59-4)55-25-51-33-21-39(61-6)41(63-8)23-35(33)55)46(2,56)30-14-16-42(52-44(30)28-12-10-26(48)18-36(28)58-3)54-24-50-32-20-38(60-5)40(62-7)22-34(32)54/h10-25,56-57H,9H2,1-8H3. The lowest BCUT2D eigenvalue weighted by molar-refractivity contribution is -0.156. The van der Waals surface area contributed by atoms with Crippen molar-refractivity contribution in [2.45, 2.75) is 31.5 Å². The van der Waals surface area contributed by atoms with E-state index in [0.29, 0.717) is 67.8 Å². The van der Waals surface area contributed by atoms with Gasteiger partial charge in [-0.05, 0) is 49.7 Å². The van der Waals surface area contributed by atoms with Gasteiger partial charge in [0, 0.05) is 58.7 Å². The Labute approximate surface area is 360 Å². The molecule has 4 aromatic heterocycles. The highest BCUT2D eigenvalue weighted by Gasteiger charge is 2.50. The number of methoxy groups -OCH3 is 6. The van der Waals surface area contributed by atoms with Crippen molar-refractivity contribution in [3.05, 3.63) is 120 Å². The Hall–Kier alpha value is -7.30. The molecule has 0 amide bonds. The second kappa shape index (κ2) is 16.5. The average molecular weight is 859 g/mol. The zero-order valence-electron chi connectivity index (χ0n) is 35.7. The van der Waals surface area contributed by atoms with Crippen molar-refractivity contribution in [3.8, 4) is 68.6 Å². The fourth-order valence-electron chi connectivity index (χ4n) is 8.08. The maximum Gasteiger partial charge on any atom is 0.163 e. The van der Waals surface area contributed by atoms with Crippen molar-refractivity contribution in [3.63, 3.8) is 0 Å². The zero-order chi connectivity index (χ0) is 44.8. The summed E-state index contributed by atoms with van der Waals surface area (Å²) < 4.78 is 66.5. The minimum Gasteiger partial charge on any atom is -0.496 e. The van der Waals surface area contributed by atoms with Crippen LogP contribution in [0.25, 0.3) is 56.2 Å². The van der Waals surface area contributed by atoms with Gasteiger partial charge in [0.2, 0.25) is 0 Å². The molecule has 2 N–H and O–H groups in total. The quantitative estimate of drug-likeness (QED) is 0.108. The molecule has 2 atom stereocenters. The molecule has 2 unspecified atom stereocenters. The number of benzene rings is 4. The monoisotopic (exact) mass is 858 g/mol. The lowest BCUT2D eigenvalue weighted by Gasteiger charge is -2.43. The van der Waals surface area contributed by atoms with Crippen LogP contribution < -0.4 is 28.4 Å². The molecule has 8 aromatic rings. The van der Waals surface area contributed by atoms with Gasteiger partial charge in [-0.15, -0.1) is 0 Å². The summed E-state index contributed by atoms with van der Waals surface area (Å²) in [6.07, 6.45) is 3.10. The first-order chi connectivity index (χ1) is 30.3. The first-order valence-corrected chi connectivity index (χ1v) is 19.7. The highest BCUT2D eigenvalue weighted by molar-refractivity contribution is 5.83. The molecule has 0 aliphatic carbocycles. The van der Waals surface area contributed by atoms with Crippen molar-refractivity contribution in [2.24, 2.45) is 0 Å². The molecular formula is C47H44F2N6O8. The van der Waals surface area contributed by atoms with Crippen LogP contribution in [0.4, 0.5) is 8.78 Å². The van der Waals surface area contributed by atoms with E-state index in [0.717, 1.165) is 0 Å². The topological polar surface area (TPSA) is 157 Å². The van der Waals surface area contributed by atoms with Gasteiger partial charge in [0.15, 0.2) is 23.0 Å². The molecule has 4 heterocycles. The smallest absolute Gasteiger partial charge is 0.163 e. The van der Waals surface area contributed by atoms with E-state index < -0.39 is 22.8 Å². The van der Waals surface area contributed by atoms with Crippen LogP contribution >= 0.6 is 0 Å². The van der Waals surface area contributed by atoms with Gasteiger partial charge in [-0.2, -0.15) is 0 Å². The van der Waals surface area contributed by atoms with Crippen molar-refractivity contribution < 1.29 is 47.4 Å². The summed E-state index contributed by atoms with van der Waals surface area (Å²) in [5, 5.41) is 26.4. The minimum absolute atomic E-state index is 0.0714. The summed E-state index contributed by atoms with van der Waals surface area (Å²) in [5.74, 6) is 1.80. The number of aromatic nitrogens is 6.